The van der Waals surface area contributed by atoms with E-state index in [2.05, 4.69) is 237 Å². The predicted octanol–water partition coefficient (Wildman–Crippen LogP) is 18.8. The molecule has 0 saturated heterocycles. The van der Waals surface area contributed by atoms with Gasteiger partial charge in [0.1, 0.15) is 11.2 Å². The van der Waals surface area contributed by atoms with Gasteiger partial charge in [-0.2, -0.15) is 0 Å². The monoisotopic (exact) mass is 848 g/mol. The van der Waals surface area contributed by atoms with Crippen molar-refractivity contribution in [1.82, 2.24) is 0 Å². The summed E-state index contributed by atoms with van der Waals surface area (Å²) in [5.74, 6) is 0. The van der Waals surface area contributed by atoms with Crippen molar-refractivity contribution in [3.8, 4) is 55.6 Å². The first-order valence-corrected chi connectivity index (χ1v) is 23.1. The second-order valence-electron chi connectivity index (χ2n) is 17.9. The van der Waals surface area contributed by atoms with E-state index in [1.54, 1.807) is 0 Å². The number of rotatable bonds is 5. The maximum absolute atomic E-state index is 6.29. The number of benzene rings is 13. The van der Waals surface area contributed by atoms with Gasteiger partial charge in [0.25, 0.3) is 0 Å². The summed E-state index contributed by atoms with van der Waals surface area (Å²) < 4.78 is 6.29. The minimum Gasteiger partial charge on any atom is -0.456 e. The molecule has 1 aromatic heterocycles. The van der Waals surface area contributed by atoms with Gasteiger partial charge in [-0.15, -0.1) is 0 Å². The van der Waals surface area contributed by atoms with Crippen molar-refractivity contribution in [2.45, 2.75) is 0 Å². The van der Waals surface area contributed by atoms with Crippen LogP contribution in [0.2, 0.25) is 0 Å². The second kappa shape index (κ2) is 14.9. The highest BCUT2D eigenvalue weighted by molar-refractivity contribution is 6.23. The van der Waals surface area contributed by atoms with Gasteiger partial charge >= 0.3 is 0 Å². The first-order chi connectivity index (χ1) is 33.2. The average Bonchev–Trinajstić information content (AvgIpc) is 3.77. The first kappa shape index (κ1) is 37.6. The summed E-state index contributed by atoms with van der Waals surface area (Å²) in [6.45, 7) is 0. The maximum atomic E-state index is 6.29. The van der Waals surface area contributed by atoms with Gasteiger partial charge in [0.2, 0.25) is 0 Å². The molecular formula is C66H40O. The van der Waals surface area contributed by atoms with Gasteiger partial charge < -0.3 is 4.42 Å². The summed E-state index contributed by atoms with van der Waals surface area (Å²) >= 11 is 0. The third-order valence-electron chi connectivity index (χ3n) is 14.2. The number of furan rings is 1. The van der Waals surface area contributed by atoms with Crippen LogP contribution in [0.15, 0.2) is 247 Å². The van der Waals surface area contributed by atoms with Crippen LogP contribution in [0.4, 0.5) is 0 Å². The molecule has 0 bridgehead atoms. The van der Waals surface area contributed by atoms with Crippen molar-refractivity contribution in [3.63, 3.8) is 0 Å². The Hall–Kier alpha value is -8.78. The van der Waals surface area contributed by atoms with Crippen molar-refractivity contribution >= 4 is 86.6 Å². The van der Waals surface area contributed by atoms with E-state index in [4.69, 9.17) is 4.42 Å². The summed E-state index contributed by atoms with van der Waals surface area (Å²) in [5.41, 5.74) is 13.8. The summed E-state index contributed by atoms with van der Waals surface area (Å²) in [6.07, 6.45) is 0. The molecular weight excluding hydrogens is 809 g/mol. The number of hydrogen-bond donors (Lipinski definition) is 0. The van der Waals surface area contributed by atoms with Gasteiger partial charge in [-0.05, 0) is 169 Å². The Kier molecular flexibility index (Phi) is 8.35. The molecule has 0 atom stereocenters. The molecule has 1 heterocycles. The zero-order valence-corrected chi connectivity index (χ0v) is 36.5. The smallest absolute Gasteiger partial charge is 0.135 e. The molecule has 0 aliphatic rings. The average molecular weight is 849 g/mol. The summed E-state index contributed by atoms with van der Waals surface area (Å²) in [4.78, 5) is 0. The normalized spacial score (nSPS) is 11.9. The van der Waals surface area contributed by atoms with Crippen LogP contribution in [-0.4, -0.2) is 0 Å². The summed E-state index contributed by atoms with van der Waals surface area (Å²) in [5, 5.41) is 17.2. The molecule has 67 heavy (non-hydrogen) atoms. The molecule has 0 aliphatic heterocycles. The van der Waals surface area contributed by atoms with E-state index in [1.165, 1.54) is 109 Å². The lowest BCUT2D eigenvalue weighted by Gasteiger charge is -2.20. The third kappa shape index (κ3) is 5.95. The van der Waals surface area contributed by atoms with Crippen LogP contribution in [0.5, 0.6) is 0 Å². The highest BCUT2D eigenvalue weighted by Crippen LogP contribution is 2.47. The van der Waals surface area contributed by atoms with Crippen LogP contribution in [0.1, 0.15) is 0 Å². The first-order valence-electron chi connectivity index (χ1n) is 23.1. The number of hydrogen-bond acceptors (Lipinski definition) is 1. The Morgan fingerprint density at radius 3 is 1.18 bits per heavy atom. The van der Waals surface area contributed by atoms with E-state index >= 15 is 0 Å². The molecule has 1 nitrogen and oxygen atoms in total. The molecule has 0 unspecified atom stereocenters. The van der Waals surface area contributed by atoms with E-state index in [0.29, 0.717) is 0 Å². The molecule has 1 heteroatoms. The topological polar surface area (TPSA) is 13.1 Å². The molecule has 0 spiro atoms. The van der Waals surface area contributed by atoms with Gasteiger partial charge in [-0.3, -0.25) is 0 Å². The summed E-state index contributed by atoms with van der Waals surface area (Å²) in [6, 6.07) is 89.5. The lowest BCUT2D eigenvalue weighted by Crippen LogP contribution is -1.93. The fraction of sp³-hybridized carbons (Fsp3) is 0. The van der Waals surface area contributed by atoms with Gasteiger partial charge in [-0.25, -0.2) is 0 Å². The maximum Gasteiger partial charge on any atom is 0.135 e. The van der Waals surface area contributed by atoms with E-state index in [9.17, 15) is 0 Å². The largest absolute Gasteiger partial charge is 0.456 e. The Labute approximate surface area is 387 Å². The van der Waals surface area contributed by atoms with Crippen molar-refractivity contribution in [1.29, 1.82) is 0 Å². The molecule has 14 aromatic rings. The van der Waals surface area contributed by atoms with Crippen molar-refractivity contribution in [2.75, 3.05) is 0 Å². The minimum atomic E-state index is 0.900. The Bertz CT molecular complexity index is 4340. The Morgan fingerprint density at radius 2 is 0.597 bits per heavy atom. The van der Waals surface area contributed by atoms with Crippen LogP contribution in [-0.2, 0) is 0 Å². The second-order valence-corrected chi connectivity index (χ2v) is 17.9. The van der Waals surface area contributed by atoms with Crippen LogP contribution in [0.25, 0.3) is 142 Å². The van der Waals surface area contributed by atoms with E-state index in [-0.39, 0.29) is 0 Å². The summed E-state index contributed by atoms with van der Waals surface area (Å²) in [7, 11) is 0. The zero-order chi connectivity index (χ0) is 44.0. The van der Waals surface area contributed by atoms with Crippen molar-refractivity contribution in [3.05, 3.63) is 243 Å². The molecule has 0 radical (unpaired) electrons. The molecule has 0 aliphatic carbocycles. The standard InChI is InChI=1S/C66H40O/c1-3-21-49-45(15-1)39-59(53-25-7-5-23-51(49)53)43-17-13-19-47(35-43)65-56-28-9-10-29-57(56)66(48-20-14-18-44(36-48)60-40-46-16-2-4-22-50(46)52-24-6-8-26-54(52)60)62-38-41(31-33-58(62)65)42-32-34-64-61(37-42)55-27-11-12-30-63(55)67-64/h1-40H. The molecule has 0 saturated carbocycles. The highest BCUT2D eigenvalue weighted by Gasteiger charge is 2.20. The van der Waals surface area contributed by atoms with Gasteiger partial charge in [-0.1, -0.05) is 194 Å². The Morgan fingerprint density at radius 1 is 0.194 bits per heavy atom. The molecule has 0 N–H and O–H groups in total. The number of para-hydroxylation sites is 1. The highest BCUT2D eigenvalue weighted by atomic mass is 16.3. The molecule has 310 valence electrons. The number of fused-ring (bicyclic) bond motifs is 11. The molecule has 14 rings (SSSR count). The third-order valence-corrected chi connectivity index (χ3v) is 14.2. The predicted molar refractivity (Wildman–Crippen MR) is 286 cm³/mol. The van der Waals surface area contributed by atoms with E-state index in [1.807, 2.05) is 6.07 Å². The SMILES string of the molecule is c1cc(-c2c3ccccc3c(-c3cccc(-c4cc5ccccc5c5ccccc45)c3)c3cc(-c4ccc5oc6ccccc6c5c4)ccc23)cc(-c2cc3ccccc3c3ccccc23)c1. The quantitative estimate of drug-likeness (QED) is 0.124. The van der Waals surface area contributed by atoms with Crippen molar-refractivity contribution in [2.24, 2.45) is 0 Å². The van der Waals surface area contributed by atoms with E-state index in [0.717, 1.165) is 33.1 Å². The van der Waals surface area contributed by atoms with Crippen LogP contribution >= 0.6 is 0 Å². The van der Waals surface area contributed by atoms with Crippen molar-refractivity contribution < 1.29 is 4.42 Å². The molecule has 0 amide bonds. The fourth-order valence-corrected chi connectivity index (χ4v) is 11.2. The molecule has 13 aromatic carbocycles. The minimum absolute atomic E-state index is 0.900. The lowest BCUT2D eigenvalue weighted by molar-refractivity contribution is 0.669. The lowest BCUT2D eigenvalue weighted by atomic mass is 9.83. The van der Waals surface area contributed by atoms with E-state index < -0.39 is 0 Å². The molecule has 0 fully saturated rings. The zero-order valence-electron chi connectivity index (χ0n) is 36.5. The Balaban J connectivity index is 1.03. The van der Waals surface area contributed by atoms with Crippen LogP contribution in [0.3, 0.4) is 0 Å². The van der Waals surface area contributed by atoms with Gasteiger partial charge in [0, 0.05) is 10.8 Å². The van der Waals surface area contributed by atoms with Crippen LogP contribution < -0.4 is 0 Å². The fourth-order valence-electron chi connectivity index (χ4n) is 11.2. The van der Waals surface area contributed by atoms with Gasteiger partial charge in [0.05, 0.1) is 0 Å². The van der Waals surface area contributed by atoms with Gasteiger partial charge in [0.15, 0.2) is 0 Å². The van der Waals surface area contributed by atoms with Crippen LogP contribution in [0, 0.1) is 0 Å².